The maximum atomic E-state index is 14.1. The lowest BCUT2D eigenvalue weighted by Crippen LogP contribution is -2.53. The molecule has 4 amide bonds. The predicted octanol–water partition coefficient (Wildman–Crippen LogP) is 3.20. The summed E-state index contributed by atoms with van der Waals surface area (Å²) in [6, 6.07) is 3.26. The third-order valence-electron chi connectivity index (χ3n) is 5.96. The highest BCUT2D eigenvalue weighted by Crippen LogP contribution is 2.26. The Kier molecular flexibility index (Phi) is 14.2. The number of methoxy groups -OCH3 is 1. The van der Waals surface area contributed by atoms with Crippen LogP contribution in [0.5, 0.6) is 0 Å². The van der Waals surface area contributed by atoms with Crippen molar-refractivity contribution in [3.63, 3.8) is 0 Å². The molecule has 2 unspecified atom stereocenters. The average molecular weight is 563 g/mol. The Labute approximate surface area is 237 Å². The Balaban J connectivity index is 3.57. The number of carbonyl (C=O) groups excluding carboxylic acids is 5. The van der Waals surface area contributed by atoms with Crippen molar-refractivity contribution in [2.45, 2.75) is 97.8 Å². The molecule has 2 atom stereocenters. The van der Waals surface area contributed by atoms with Crippen molar-refractivity contribution in [2.24, 2.45) is 5.73 Å². The van der Waals surface area contributed by atoms with E-state index < -0.39 is 47.5 Å². The molecule has 11 heteroatoms. The highest BCUT2D eigenvalue weighted by Gasteiger charge is 2.36. The molecule has 1 rings (SSSR count). The van der Waals surface area contributed by atoms with E-state index in [2.05, 4.69) is 22.3 Å². The van der Waals surface area contributed by atoms with E-state index in [1.807, 2.05) is 19.9 Å². The molecule has 224 valence electrons. The maximum absolute atomic E-state index is 14.1. The molecule has 40 heavy (non-hydrogen) atoms. The summed E-state index contributed by atoms with van der Waals surface area (Å²) in [5, 5.41) is 5.15. The summed E-state index contributed by atoms with van der Waals surface area (Å²) < 4.78 is 10.0. The van der Waals surface area contributed by atoms with E-state index in [0.717, 1.165) is 30.4 Å². The van der Waals surface area contributed by atoms with E-state index >= 15 is 0 Å². The predicted molar refractivity (Wildman–Crippen MR) is 151 cm³/mol. The van der Waals surface area contributed by atoms with Gasteiger partial charge in [-0.25, -0.2) is 4.79 Å². The van der Waals surface area contributed by atoms with Crippen LogP contribution < -0.4 is 16.4 Å². The zero-order valence-electron chi connectivity index (χ0n) is 24.9. The zero-order valence-corrected chi connectivity index (χ0v) is 24.9. The number of rotatable bonds is 15. The molecule has 4 N–H and O–H groups in total. The summed E-state index contributed by atoms with van der Waals surface area (Å²) in [6.45, 7) is 10.7. The summed E-state index contributed by atoms with van der Waals surface area (Å²) in [7, 11) is 1.21. The first kappa shape index (κ1) is 34.4. The first-order chi connectivity index (χ1) is 18.7. The Morgan fingerprint density at radius 3 is 2.15 bits per heavy atom. The number of aryl methyl sites for hydroxylation is 2. The fraction of sp³-hybridized carbons (Fsp3) is 0.621. The number of esters is 1. The van der Waals surface area contributed by atoms with Gasteiger partial charge in [-0.15, -0.1) is 0 Å². The first-order valence-corrected chi connectivity index (χ1v) is 13.7. The minimum absolute atomic E-state index is 0.0811. The average Bonchev–Trinajstić information content (AvgIpc) is 2.84. The number of carbonyl (C=O) groups is 5. The lowest BCUT2D eigenvalue weighted by Gasteiger charge is -2.35. The van der Waals surface area contributed by atoms with Gasteiger partial charge in [0.1, 0.15) is 24.2 Å². The van der Waals surface area contributed by atoms with Gasteiger partial charge >= 0.3 is 12.1 Å². The second-order valence-electron chi connectivity index (χ2n) is 10.9. The SMILES string of the molecule is CCCCCCN(C(=O)C(CCC(N)=O)NC(=O)OC(C)(C)C)C(C(=O)NCC(=O)OC)c1cc(C)cc(C)c1. The van der Waals surface area contributed by atoms with Crippen LogP contribution in [0, 0.1) is 13.8 Å². The van der Waals surface area contributed by atoms with E-state index in [-0.39, 0.29) is 25.9 Å². The number of nitrogens with one attached hydrogen (secondary N) is 2. The summed E-state index contributed by atoms with van der Waals surface area (Å²) in [4.78, 5) is 65.2. The molecular formula is C29H46N4O7. The molecule has 0 saturated carbocycles. The largest absolute Gasteiger partial charge is 0.468 e. The number of amides is 4. The van der Waals surface area contributed by atoms with Crippen molar-refractivity contribution in [3.05, 3.63) is 34.9 Å². The van der Waals surface area contributed by atoms with Gasteiger partial charge in [-0.2, -0.15) is 0 Å². The van der Waals surface area contributed by atoms with Crippen LogP contribution in [0.25, 0.3) is 0 Å². The zero-order chi connectivity index (χ0) is 30.5. The third kappa shape index (κ3) is 12.5. The molecule has 0 bridgehead atoms. The molecule has 0 spiro atoms. The van der Waals surface area contributed by atoms with E-state index in [9.17, 15) is 24.0 Å². The Hall–Kier alpha value is -3.63. The molecule has 1 aromatic carbocycles. The van der Waals surface area contributed by atoms with E-state index in [1.165, 1.54) is 12.0 Å². The third-order valence-corrected chi connectivity index (χ3v) is 5.96. The molecule has 0 fully saturated rings. The molecule has 11 nitrogen and oxygen atoms in total. The number of unbranched alkanes of at least 4 members (excludes halogenated alkanes) is 3. The highest BCUT2D eigenvalue weighted by atomic mass is 16.6. The lowest BCUT2D eigenvalue weighted by atomic mass is 9.97. The molecule has 0 aliphatic heterocycles. The van der Waals surface area contributed by atoms with Crippen LogP contribution in [0.2, 0.25) is 0 Å². The van der Waals surface area contributed by atoms with Gasteiger partial charge in [-0.05, 0) is 53.0 Å². The van der Waals surface area contributed by atoms with Gasteiger partial charge in [0.15, 0.2) is 0 Å². The van der Waals surface area contributed by atoms with Crippen molar-refractivity contribution in [2.75, 3.05) is 20.2 Å². The van der Waals surface area contributed by atoms with Gasteiger partial charge in [-0.3, -0.25) is 19.2 Å². The smallest absolute Gasteiger partial charge is 0.408 e. The highest BCUT2D eigenvalue weighted by molar-refractivity contribution is 5.93. The Morgan fingerprint density at radius 2 is 1.62 bits per heavy atom. The molecule has 1 aromatic rings. The number of benzene rings is 1. The second-order valence-corrected chi connectivity index (χ2v) is 10.9. The fourth-order valence-electron chi connectivity index (χ4n) is 4.24. The van der Waals surface area contributed by atoms with Crippen molar-refractivity contribution in [1.29, 1.82) is 0 Å². The van der Waals surface area contributed by atoms with Crippen LogP contribution in [0.1, 0.15) is 89.0 Å². The van der Waals surface area contributed by atoms with Crippen LogP contribution in [0.15, 0.2) is 18.2 Å². The number of nitrogens with zero attached hydrogens (tertiary/aromatic N) is 1. The minimum atomic E-state index is -1.18. The number of ether oxygens (including phenoxy) is 2. The topological polar surface area (TPSA) is 157 Å². The summed E-state index contributed by atoms with van der Waals surface area (Å²) >= 11 is 0. The van der Waals surface area contributed by atoms with Crippen LogP contribution in [0.4, 0.5) is 4.79 Å². The minimum Gasteiger partial charge on any atom is -0.468 e. The summed E-state index contributed by atoms with van der Waals surface area (Å²) in [5.74, 6) is -2.43. The van der Waals surface area contributed by atoms with E-state index in [1.54, 1.807) is 32.9 Å². The van der Waals surface area contributed by atoms with Gasteiger partial charge in [0, 0.05) is 13.0 Å². The second kappa shape index (κ2) is 16.5. The van der Waals surface area contributed by atoms with Crippen molar-refractivity contribution < 1.29 is 33.4 Å². The van der Waals surface area contributed by atoms with Gasteiger partial charge < -0.3 is 30.7 Å². The molecule has 0 saturated heterocycles. The van der Waals surface area contributed by atoms with E-state index in [0.29, 0.717) is 12.0 Å². The van der Waals surface area contributed by atoms with Crippen molar-refractivity contribution in [1.82, 2.24) is 15.5 Å². The molecule has 0 radical (unpaired) electrons. The standard InChI is InChI=1S/C29H46N4O7/c1-8-9-10-11-14-33(27(37)22(12-13-23(30)34)32-28(38)40-29(4,5)6)25(26(36)31-18-24(35)39-7)21-16-19(2)15-20(3)17-21/h15-17,22,25H,8-14,18H2,1-7H3,(H2,30,34)(H,31,36)(H,32,38). The van der Waals surface area contributed by atoms with Crippen LogP contribution in [0.3, 0.4) is 0 Å². The van der Waals surface area contributed by atoms with Crippen LogP contribution in [-0.2, 0) is 28.7 Å². The normalized spacial score (nSPS) is 12.6. The Morgan fingerprint density at radius 1 is 1.00 bits per heavy atom. The van der Waals surface area contributed by atoms with E-state index in [4.69, 9.17) is 10.5 Å². The number of alkyl carbamates (subject to hydrolysis) is 1. The van der Waals surface area contributed by atoms with Gasteiger partial charge in [0.25, 0.3) is 0 Å². The maximum Gasteiger partial charge on any atom is 0.408 e. The molecule has 0 aromatic heterocycles. The lowest BCUT2D eigenvalue weighted by molar-refractivity contribution is -0.145. The monoisotopic (exact) mass is 562 g/mol. The van der Waals surface area contributed by atoms with Crippen molar-refractivity contribution >= 4 is 29.8 Å². The number of hydrogen-bond donors (Lipinski definition) is 3. The molecule has 0 aliphatic carbocycles. The van der Waals surface area contributed by atoms with Crippen LogP contribution in [-0.4, -0.2) is 66.5 Å². The fourth-order valence-corrected chi connectivity index (χ4v) is 4.24. The summed E-state index contributed by atoms with van der Waals surface area (Å²) in [5.41, 5.74) is 6.86. The molecular weight excluding hydrogens is 516 g/mol. The number of hydrogen-bond acceptors (Lipinski definition) is 7. The van der Waals surface area contributed by atoms with Gasteiger partial charge in [0.05, 0.1) is 7.11 Å². The van der Waals surface area contributed by atoms with Gasteiger partial charge in [-0.1, -0.05) is 55.5 Å². The van der Waals surface area contributed by atoms with Crippen LogP contribution >= 0.6 is 0 Å². The quantitative estimate of drug-likeness (QED) is 0.219. The molecule has 0 aliphatic rings. The molecule has 0 heterocycles. The van der Waals surface area contributed by atoms with Crippen molar-refractivity contribution in [3.8, 4) is 0 Å². The number of nitrogens with two attached hydrogens (primary N) is 1. The van der Waals surface area contributed by atoms with Gasteiger partial charge in [0.2, 0.25) is 17.7 Å². The summed E-state index contributed by atoms with van der Waals surface area (Å²) in [6.07, 6.45) is 2.23. The Bertz CT molecular complexity index is 1020. The number of primary amides is 1. The first-order valence-electron chi connectivity index (χ1n) is 13.7.